The minimum Gasteiger partial charge on any atom is -0.347 e. The Morgan fingerprint density at radius 3 is 2.60 bits per heavy atom. The molecule has 1 aromatic heterocycles. The van der Waals surface area contributed by atoms with Crippen LogP contribution >= 0.6 is 0 Å². The van der Waals surface area contributed by atoms with Crippen LogP contribution in [0.3, 0.4) is 0 Å². The largest absolute Gasteiger partial charge is 0.347 e. The Balaban J connectivity index is 1.75. The molecule has 0 spiro atoms. The van der Waals surface area contributed by atoms with E-state index < -0.39 is 0 Å². The molecule has 0 radical (unpaired) electrons. The first-order valence-electron chi connectivity index (χ1n) is 5.99. The lowest BCUT2D eigenvalue weighted by Crippen LogP contribution is -2.36. The van der Waals surface area contributed by atoms with Crippen molar-refractivity contribution in [3.63, 3.8) is 0 Å². The van der Waals surface area contributed by atoms with Crippen molar-refractivity contribution >= 4 is 11.8 Å². The molecule has 0 saturated carbocycles. The second-order valence-electron chi connectivity index (χ2n) is 4.15. The van der Waals surface area contributed by atoms with Gasteiger partial charge in [0.25, 0.3) is 5.91 Å². The van der Waals surface area contributed by atoms with Gasteiger partial charge in [-0.05, 0) is 19.1 Å². The van der Waals surface area contributed by atoms with Crippen LogP contribution in [0.2, 0.25) is 0 Å². The summed E-state index contributed by atoms with van der Waals surface area (Å²) in [5.74, 6) is -0.238. The van der Waals surface area contributed by atoms with Crippen molar-refractivity contribution in [2.75, 3.05) is 6.54 Å². The molecule has 3 N–H and O–H groups in total. The van der Waals surface area contributed by atoms with Gasteiger partial charge in [0, 0.05) is 5.56 Å². The van der Waals surface area contributed by atoms with Crippen molar-refractivity contribution in [2.45, 2.75) is 13.5 Å². The zero-order valence-electron chi connectivity index (χ0n) is 10.9. The van der Waals surface area contributed by atoms with Crippen LogP contribution in [0.4, 0.5) is 0 Å². The molecule has 8 heteroatoms. The van der Waals surface area contributed by atoms with E-state index in [0.717, 1.165) is 5.56 Å². The van der Waals surface area contributed by atoms with Crippen LogP contribution in [0.15, 0.2) is 24.3 Å². The summed E-state index contributed by atoms with van der Waals surface area (Å²) in [6.07, 6.45) is 0. The molecule has 0 aliphatic heterocycles. The van der Waals surface area contributed by atoms with Crippen molar-refractivity contribution in [3.05, 3.63) is 41.2 Å². The minimum absolute atomic E-state index is 0.107. The minimum atomic E-state index is -0.324. The smallest absolute Gasteiger partial charge is 0.251 e. The van der Waals surface area contributed by atoms with E-state index in [4.69, 9.17) is 0 Å². The number of carbonyl (C=O) groups excluding carboxylic acids is 2. The summed E-state index contributed by atoms with van der Waals surface area (Å²) in [6, 6.07) is 7.10. The van der Waals surface area contributed by atoms with Crippen LogP contribution in [0.25, 0.3) is 0 Å². The molecular weight excluding hydrogens is 260 g/mol. The lowest BCUT2D eigenvalue weighted by Gasteiger charge is -2.05. The van der Waals surface area contributed by atoms with Gasteiger partial charge in [0.05, 0.1) is 13.1 Å². The van der Waals surface area contributed by atoms with Gasteiger partial charge < -0.3 is 10.6 Å². The van der Waals surface area contributed by atoms with Gasteiger partial charge in [-0.25, -0.2) is 0 Å². The maximum Gasteiger partial charge on any atom is 0.251 e. The highest BCUT2D eigenvalue weighted by Crippen LogP contribution is 2.02. The topological polar surface area (TPSA) is 113 Å². The third-order valence-electron chi connectivity index (χ3n) is 2.56. The number of H-pyrrole nitrogens is 1. The fourth-order valence-electron chi connectivity index (χ4n) is 1.47. The van der Waals surface area contributed by atoms with Gasteiger partial charge in [0.15, 0.2) is 5.82 Å². The zero-order valence-corrected chi connectivity index (χ0v) is 10.9. The molecule has 0 saturated heterocycles. The van der Waals surface area contributed by atoms with E-state index in [2.05, 4.69) is 31.3 Å². The third-order valence-corrected chi connectivity index (χ3v) is 2.56. The molecule has 2 rings (SSSR count). The van der Waals surface area contributed by atoms with Gasteiger partial charge in [-0.15, -0.1) is 10.2 Å². The summed E-state index contributed by atoms with van der Waals surface area (Å²) in [5, 5.41) is 18.1. The highest BCUT2D eigenvalue weighted by atomic mass is 16.2. The maximum atomic E-state index is 11.8. The van der Waals surface area contributed by atoms with Crippen LogP contribution < -0.4 is 10.6 Å². The Hall–Kier alpha value is -2.77. The summed E-state index contributed by atoms with van der Waals surface area (Å²) in [6.45, 7) is 1.99. The quantitative estimate of drug-likeness (QED) is 0.683. The van der Waals surface area contributed by atoms with E-state index in [9.17, 15) is 9.59 Å². The van der Waals surface area contributed by atoms with E-state index in [0.29, 0.717) is 11.4 Å². The first kappa shape index (κ1) is 13.7. The number of hydrogen-bond donors (Lipinski definition) is 3. The number of amides is 2. The van der Waals surface area contributed by atoms with E-state index in [1.807, 2.05) is 19.1 Å². The van der Waals surface area contributed by atoms with E-state index in [-0.39, 0.29) is 24.9 Å². The van der Waals surface area contributed by atoms with E-state index in [1.165, 1.54) is 0 Å². The molecule has 0 aliphatic rings. The van der Waals surface area contributed by atoms with Gasteiger partial charge in [0.1, 0.15) is 0 Å². The Labute approximate surface area is 115 Å². The fraction of sp³-hybridized carbons (Fsp3) is 0.250. The van der Waals surface area contributed by atoms with Gasteiger partial charge in [-0.1, -0.05) is 22.9 Å². The number of hydrogen-bond acceptors (Lipinski definition) is 5. The van der Waals surface area contributed by atoms with E-state index in [1.54, 1.807) is 12.1 Å². The first-order chi connectivity index (χ1) is 9.65. The summed E-state index contributed by atoms with van der Waals surface area (Å²) in [5.41, 5.74) is 1.58. The molecule has 20 heavy (non-hydrogen) atoms. The van der Waals surface area contributed by atoms with Crippen LogP contribution in [0, 0.1) is 6.92 Å². The number of nitrogens with one attached hydrogen (secondary N) is 3. The van der Waals surface area contributed by atoms with Crippen molar-refractivity contribution in [1.82, 2.24) is 31.3 Å². The number of rotatable bonds is 5. The van der Waals surface area contributed by atoms with E-state index >= 15 is 0 Å². The number of aryl methyl sites for hydroxylation is 1. The normalized spacial score (nSPS) is 10.1. The molecular formula is C12H14N6O2. The van der Waals surface area contributed by atoms with Crippen molar-refractivity contribution in [1.29, 1.82) is 0 Å². The highest BCUT2D eigenvalue weighted by Gasteiger charge is 2.08. The fourth-order valence-corrected chi connectivity index (χ4v) is 1.47. The number of benzene rings is 1. The van der Waals surface area contributed by atoms with Gasteiger partial charge in [-0.2, -0.15) is 5.21 Å². The number of nitrogens with zero attached hydrogens (tertiary/aromatic N) is 3. The lowest BCUT2D eigenvalue weighted by atomic mass is 10.1. The molecule has 8 nitrogen and oxygen atoms in total. The van der Waals surface area contributed by atoms with Crippen LogP contribution in [0.5, 0.6) is 0 Å². The Morgan fingerprint density at radius 1 is 1.20 bits per heavy atom. The number of carbonyl (C=O) groups is 2. The molecule has 104 valence electrons. The van der Waals surface area contributed by atoms with Gasteiger partial charge >= 0.3 is 0 Å². The molecule has 2 aromatic rings. The average molecular weight is 274 g/mol. The summed E-state index contributed by atoms with van der Waals surface area (Å²) >= 11 is 0. The third kappa shape index (κ3) is 3.87. The maximum absolute atomic E-state index is 11.8. The predicted octanol–water partition coefficient (Wildman–Crippen LogP) is -0.446. The van der Waals surface area contributed by atoms with Gasteiger partial charge in [-0.3, -0.25) is 9.59 Å². The molecule has 1 heterocycles. The Kier molecular flexibility index (Phi) is 4.38. The molecule has 0 fully saturated rings. The molecule has 0 bridgehead atoms. The van der Waals surface area contributed by atoms with Crippen molar-refractivity contribution in [3.8, 4) is 0 Å². The number of aromatic nitrogens is 4. The molecule has 0 atom stereocenters. The van der Waals surface area contributed by atoms with Crippen molar-refractivity contribution < 1.29 is 9.59 Å². The standard InChI is InChI=1S/C12H14N6O2/c1-8-2-4-9(5-3-8)12(20)14-7-11(19)13-6-10-15-17-18-16-10/h2-5H,6-7H2,1H3,(H,13,19)(H,14,20)(H,15,16,17,18). The zero-order chi connectivity index (χ0) is 14.4. The van der Waals surface area contributed by atoms with Crippen molar-refractivity contribution in [2.24, 2.45) is 0 Å². The summed E-state index contributed by atoms with van der Waals surface area (Å²) < 4.78 is 0. The van der Waals surface area contributed by atoms with Crippen LogP contribution in [-0.2, 0) is 11.3 Å². The Morgan fingerprint density at radius 2 is 1.95 bits per heavy atom. The highest BCUT2D eigenvalue weighted by molar-refractivity contribution is 5.96. The van der Waals surface area contributed by atoms with Crippen LogP contribution in [0.1, 0.15) is 21.7 Å². The first-order valence-corrected chi connectivity index (χ1v) is 5.99. The van der Waals surface area contributed by atoms with Crippen LogP contribution in [-0.4, -0.2) is 39.0 Å². The SMILES string of the molecule is Cc1ccc(C(=O)NCC(=O)NCc2nn[nH]n2)cc1. The molecule has 2 amide bonds. The molecule has 0 unspecified atom stereocenters. The molecule has 0 aliphatic carbocycles. The predicted molar refractivity (Wildman–Crippen MR) is 69.5 cm³/mol. The second-order valence-corrected chi connectivity index (χ2v) is 4.15. The Bertz CT molecular complexity index is 579. The lowest BCUT2D eigenvalue weighted by molar-refractivity contribution is -0.120. The molecule has 1 aromatic carbocycles. The summed E-state index contributed by atoms with van der Waals surface area (Å²) in [7, 11) is 0. The average Bonchev–Trinajstić information content (AvgIpc) is 2.96. The number of aromatic amines is 1. The number of tetrazole rings is 1. The van der Waals surface area contributed by atoms with Gasteiger partial charge in [0.2, 0.25) is 5.91 Å². The second kappa shape index (κ2) is 6.41. The monoisotopic (exact) mass is 274 g/mol. The summed E-state index contributed by atoms with van der Waals surface area (Å²) in [4.78, 5) is 23.3.